The van der Waals surface area contributed by atoms with Crippen LogP contribution in [0.5, 0.6) is 23.0 Å². The van der Waals surface area contributed by atoms with Gasteiger partial charge in [0.05, 0.1) is 4.92 Å². The number of nitrogens with one attached hydrogen (secondary N) is 2. The molecule has 0 atom stereocenters. The first kappa shape index (κ1) is 17.8. The maximum Gasteiger partial charge on any atom is 0.353 e. The Morgan fingerprint density at radius 2 is 1.33 bits per heavy atom. The Balaban J connectivity index is 1.45. The van der Waals surface area contributed by atoms with Crippen molar-refractivity contribution in [3.8, 4) is 23.0 Å². The minimum atomic E-state index is -0.546. The molecule has 30 heavy (non-hydrogen) atoms. The Hall–Kier alpha value is -4.28. The number of ether oxygens (including phenoxy) is 4. The summed E-state index contributed by atoms with van der Waals surface area (Å²) in [6, 6.07) is 10.3. The number of aromatic nitrogens is 2. The predicted molar refractivity (Wildman–Crippen MR) is 105 cm³/mol. The molecule has 0 amide bonds. The fourth-order valence-electron chi connectivity index (χ4n) is 3.10. The van der Waals surface area contributed by atoms with E-state index in [1.807, 2.05) is 0 Å². The first-order chi connectivity index (χ1) is 14.7. The quantitative estimate of drug-likeness (QED) is 0.478. The molecule has 11 nitrogen and oxygen atoms in total. The topological polar surface area (TPSA) is 130 Å². The van der Waals surface area contributed by atoms with E-state index in [0.717, 1.165) is 0 Å². The zero-order valence-corrected chi connectivity index (χ0v) is 15.5. The highest BCUT2D eigenvalue weighted by molar-refractivity contribution is 5.77. The van der Waals surface area contributed by atoms with Gasteiger partial charge in [0.2, 0.25) is 18.4 Å². The van der Waals surface area contributed by atoms with Gasteiger partial charge in [0.15, 0.2) is 23.0 Å². The van der Waals surface area contributed by atoms with Crippen molar-refractivity contribution in [2.75, 3.05) is 30.6 Å². The first-order valence-electron chi connectivity index (χ1n) is 9.00. The highest BCUT2D eigenvalue weighted by Gasteiger charge is 2.24. The lowest BCUT2D eigenvalue weighted by molar-refractivity contribution is -0.383. The van der Waals surface area contributed by atoms with Crippen LogP contribution in [0, 0.1) is 10.1 Å². The normalized spacial score (nSPS) is 13.6. The van der Waals surface area contributed by atoms with Gasteiger partial charge in [-0.25, -0.2) is 9.97 Å². The molecule has 0 fully saturated rings. The molecule has 2 aromatic carbocycles. The van der Waals surface area contributed by atoms with Gasteiger partial charge in [-0.05, 0) is 24.3 Å². The van der Waals surface area contributed by atoms with Crippen LogP contribution in [0.3, 0.4) is 0 Å². The van der Waals surface area contributed by atoms with Crippen LogP contribution in [0.15, 0.2) is 42.7 Å². The molecule has 0 saturated carbocycles. The summed E-state index contributed by atoms with van der Waals surface area (Å²) in [5, 5.41) is 17.7. The number of anilines is 4. The molecule has 11 heteroatoms. The van der Waals surface area contributed by atoms with Gasteiger partial charge < -0.3 is 29.6 Å². The first-order valence-corrected chi connectivity index (χ1v) is 9.00. The number of hydrogen-bond donors (Lipinski definition) is 2. The average Bonchev–Trinajstić information content (AvgIpc) is 3.21. The van der Waals surface area contributed by atoms with Crippen LogP contribution in [-0.2, 0) is 0 Å². The van der Waals surface area contributed by atoms with Crippen molar-refractivity contribution in [1.82, 2.24) is 9.97 Å². The molecule has 0 bridgehead atoms. The molecule has 0 spiro atoms. The standard InChI is InChI=1S/C19H15N5O6/c25-24(26)17-18(22-11-1-3-13-15(7-11)28-6-5-27-13)20-9-21-19(17)23-12-2-4-14-16(8-12)30-10-29-14/h1-4,7-9H,5-6,10H2,(H2,20,21,22,23). The lowest BCUT2D eigenvalue weighted by atomic mass is 10.2. The summed E-state index contributed by atoms with van der Waals surface area (Å²) < 4.78 is 21.7. The Kier molecular flexibility index (Phi) is 4.32. The summed E-state index contributed by atoms with van der Waals surface area (Å²) in [6.07, 6.45) is 1.24. The molecule has 2 aliphatic heterocycles. The third-order valence-electron chi connectivity index (χ3n) is 4.45. The van der Waals surface area contributed by atoms with Gasteiger partial charge in [-0.1, -0.05) is 0 Å². The summed E-state index contributed by atoms with van der Waals surface area (Å²) >= 11 is 0. The number of hydrogen-bond acceptors (Lipinski definition) is 10. The molecule has 2 N–H and O–H groups in total. The Bertz CT molecular complexity index is 1140. The highest BCUT2D eigenvalue weighted by atomic mass is 16.7. The lowest BCUT2D eigenvalue weighted by Gasteiger charge is -2.19. The van der Waals surface area contributed by atoms with Gasteiger partial charge in [-0.2, -0.15) is 0 Å². The van der Waals surface area contributed by atoms with Gasteiger partial charge in [-0.3, -0.25) is 10.1 Å². The van der Waals surface area contributed by atoms with Gasteiger partial charge in [0, 0.05) is 23.5 Å². The average molecular weight is 409 g/mol. The molecule has 3 aromatic rings. The van der Waals surface area contributed by atoms with Crippen molar-refractivity contribution in [2.45, 2.75) is 0 Å². The van der Waals surface area contributed by atoms with Crippen LogP contribution in [0.4, 0.5) is 28.7 Å². The van der Waals surface area contributed by atoms with Crippen molar-refractivity contribution in [3.05, 3.63) is 52.8 Å². The fourth-order valence-corrected chi connectivity index (χ4v) is 3.10. The van der Waals surface area contributed by atoms with E-state index in [1.165, 1.54) is 6.33 Å². The van der Waals surface area contributed by atoms with E-state index in [0.29, 0.717) is 47.6 Å². The second kappa shape index (κ2) is 7.28. The van der Waals surface area contributed by atoms with Gasteiger partial charge in [0.25, 0.3) is 0 Å². The molecule has 0 saturated heterocycles. The van der Waals surface area contributed by atoms with Crippen LogP contribution < -0.4 is 29.6 Å². The van der Waals surface area contributed by atoms with Gasteiger partial charge >= 0.3 is 5.69 Å². The van der Waals surface area contributed by atoms with E-state index in [4.69, 9.17) is 18.9 Å². The van der Waals surface area contributed by atoms with Crippen molar-refractivity contribution in [2.24, 2.45) is 0 Å². The maximum absolute atomic E-state index is 11.8. The molecule has 1 aromatic heterocycles. The summed E-state index contributed by atoms with van der Waals surface area (Å²) in [5.74, 6) is 2.41. The number of nitrogens with zero attached hydrogens (tertiary/aromatic N) is 3. The van der Waals surface area contributed by atoms with Crippen molar-refractivity contribution >= 4 is 28.7 Å². The molecule has 0 unspecified atom stereocenters. The number of benzene rings is 2. The highest BCUT2D eigenvalue weighted by Crippen LogP contribution is 2.39. The monoisotopic (exact) mass is 409 g/mol. The summed E-state index contributed by atoms with van der Waals surface area (Å²) in [7, 11) is 0. The molecule has 0 aliphatic carbocycles. The van der Waals surface area contributed by atoms with E-state index in [-0.39, 0.29) is 24.1 Å². The van der Waals surface area contributed by atoms with Crippen LogP contribution in [0.2, 0.25) is 0 Å². The smallest absolute Gasteiger partial charge is 0.353 e. The summed E-state index contributed by atoms with van der Waals surface area (Å²) in [5.41, 5.74) is 0.825. The molecule has 5 rings (SSSR count). The Morgan fingerprint density at radius 1 is 0.800 bits per heavy atom. The van der Waals surface area contributed by atoms with E-state index in [2.05, 4.69) is 20.6 Å². The van der Waals surface area contributed by atoms with Crippen molar-refractivity contribution < 1.29 is 23.9 Å². The second-order valence-corrected chi connectivity index (χ2v) is 6.35. The SMILES string of the molecule is O=[N+]([O-])c1c(Nc2ccc3c(c2)OCCO3)ncnc1Nc1ccc2c(c1)OCO2. The third kappa shape index (κ3) is 3.32. The van der Waals surface area contributed by atoms with Crippen LogP contribution >= 0.6 is 0 Å². The third-order valence-corrected chi connectivity index (χ3v) is 4.45. The maximum atomic E-state index is 11.8. The van der Waals surface area contributed by atoms with E-state index in [9.17, 15) is 10.1 Å². The second-order valence-electron chi connectivity index (χ2n) is 6.35. The summed E-state index contributed by atoms with van der Waals surface area (Å²) in [6.45, 7) is 1.05. The van der Waals surface area contributed by atoms with E-state index in [1.54, 1.807) is 36.4 Å². The molecular formula is C19H15N5O6. The fraction of sp³-hybridized carbons (Fsp3) is 0.158. The van der Waals surface area contributed by atoms with Gasteiger partial charge in [-0.15, -0.1) is 0 Å². The Morgan fingerprint density at radius 3 is 1.97 bits per heavy atom. The molecule has 2 aliphatic rings. The predicted octanol–water partition coefficient (Wildman–Crippen LogP) is 3.37. The minimum Gasteiger partial charge on any atom is -0.486 e. The zero-order chi connectivity index (χ0) is 20.5. The molecular weight excluding hydrogens is 394 g/mol. The Labute approximate surface area is 169 Å². The molecule has 0 radical (unpaired) electrons. The minimum absolute atomic E-state index is 0.0360. The van der Waals surface area contributed by atoms with Crippen LogP contribution in [-0.4, -0.2) is 34.9 Å². The van der Waals surface area contributed by atoms with Crippen molar-refractivity contribution in [3.63, 3.8) is 0 Å². The number of rotatable bonds is 5. The zero-order valence-electron chi connectivity index (χ0n) is 15.5. The van der Waals surface area contributed by atoms with E-state index < -0.39 is 4.92 Å². The van der Waals surface area contributed by atoms with Crippen LogP contribution in [0.1, 0.15) is 0 Å². The van der Waals surface area contributed by atoms with Crippen molar-refractivity contribution in [1.29, 1.82) is 0 Å². The number of fused-ring (bicyclic) bond motifs is 2. The lowest BCUT2D eigenvalue weighted by Crippen LogP contribution is -2.15. The largest absolute Gasteiger partial charge is 0.486 e. The van der Waals surface area contributed by atoms with E-state index >= 15 is 0 Å². The number of nitro groups is 1. The molecule has 152 valence electrons. The van der Waals surface area contributed by atoms with Gasteiger partial charge in [0.1, 0.15) is 19.5 Å². The van der Waals surface area contributed by atoms with Crippen LogP contribution in [0.25, 0.3) is 0 Å². The summed E-state index contributed by atoms with van der Waals surface area (Å²) in [4.78, 5) is 19.3. The molecule has 3 heterocycles.